The van der Waals surface area contributed by atoms with Crippen molar-refractivity contribution < 1.29 is 36.2 Å². The van der Waals surface area contributed by atoms with Crippen molar-refractivity contribution in [1.82, 2.24) is 15.1 Å². The lowest BCUT2D eigenvalue weighted by atomic mass is 10.1. The van der Waals surface area contributed by atoms with Crippen LogP contribution in [-0.2, 0) is 6.18 Å². The van der Waals surface area contributed by atoms with Crippen molar-refractivity contribution in [1.29, 1.82) is 0 Å². The SMILES string of the molecule is O=C(NC[C@H](O)C(F)F)c1cc(-c2ccc(C(F)(F)F)cc2)nn(-c2cccc(F)c2)c1=O. The third kappa shape index (κ3) is 5.58. The number of nitrogens with one attached hydrogen (secondary N) is 1. The van der Waals surface area contributed by atoms with Gasteiger partial charge >= 0.3 is 6.18 Å². The molecule has 0 spiro atoms. The Kier molecular flexibility index (Phi) is 6.86. The summed E-state index contributed by atoms with van der Waals surface area (Å²) in [6, 6.07) is 9.23. The number of aromatic nitrogens is 2. The van der Waals surface area contributed by atoms with E-state index in [4.69, 9.17) is 0 Å². The molecule has 3 rings (SSSR count). The maximum Gasteiger partial charge on any atom is 0.416 e. The highest BCUT2D eigenvalue weighted by Crippen LogP contribution is 2.30. The van der Waals surface area contributed by atoms with Crippen LogP contribution in [0.5, 0.6) is 0 Å². The fourth-order valence-electron chi connectivity index (χ4n) is 2.79. The molecule has 0 bridgehead atoms. The molecule has 6 nitrogen and oxygen atoms in total. The van der Waals surface area contributed by atoms with Crippen molar-refractivity contribution >= 4 is 5.91 Å². The van der Waals surface area contributed by atoms with Crippen molar-refractivity contribution in [2.45, 2.75) is 18.7 Å². The lowest BCUT2D eigenvalue weighted by Crippen LogP contribution is -2.39. The molecule has 1 aromatic heterocycles. The molecule has 1 heterocycles. The van der Waals surface area contributed by atoms with Crippen LogP contribution in [-0.4, -0.2) is 39.9 Å². The zero-order valence-corrected chi connectivity index (χ0v) is 16.5. The number of rotatable bonds is 6. The number of carbonyl (C=O) groups excluding carboxylic acids is 1. The largest absolute Gasteiger partial charge is 0.416 e. The lowest BCUT2D eigenvalue weighted by Gasteiger charge is -2.13. The van der Waals surface area contributed by atoms with E-state index in [-0.39, 0.29) is 16.9 Å². The molecule has 2 N–H and O–H groups in total. The molecule has 0 aliphatic carbocycles. The summed E-state index contributed by atoms with van der Waals surface area (Å²) < 4.78 is 77.9. The van der Waals surface area contributed by atoms with Crippen molar-refractivity contribution in [2.24, 2.45) is 0 Å². The summed E-state index contributed by atoms with van der Waals surface area (Å²) in [5, 5.41) is 15.2. The molecule has 0 aliphatic heterocycles. The molecule has 1 amide bonds. The third-order valence-corrected chi connectivity index (χ3v) is 4.48. The van der Waals surface area contributed by atoms with E-state index in [1.165, 1.54) is 12.1 Å². The van der Waals surface area contributed by atoms with Crippen LogP contribution in [0.3, 0.4) is 0 Å². The molecule has 33 heavy (non-hydrogen) atoms. The average Bonchev–Trinajstić information content (AvgIpc) is 2.76. The zero-order chi connectivity index (χ0) is 24.3. The van der Waals surface area contributed by atoms with Gasteiger partial charge in [0.05, 0.1) is 16.9 Å². The van der Waals surface area contributed by atoms with E-state index in [1.54, 1.807) is 0 Å². The summed E-state index contributed by atoms with van der Waals surface area (Å²) in [6.45, 7) is -0.867. The van der Waals surface area contributed by atoms with E-state index >= 15 is 0 Å². The normalized spacial score (nSPS) is 12.6. The van der Waals surface area contributed by atoms with Crippen molar-refractivity contribution in [3.63, 3.8) is 0 Å². The van der Waals surface area contributed by atoms with Crippen LogP contribution in [0.1, 0.15) is 15.9 Å². The smallest absolute Gasteiger partial charge is 0.385 e. The molecular weight excluding hydrogens is 456 g/mol. The van der Waals surface area contributed by atoms with Gasteiger partial charge in [-0.15, -0.1) is 0 Å². The summed E-state index contributed by atoms with van der Waals surface area (Å²) in [5.41, 5.74) is -2.70. The minimum Gasteiger partial charge on any atom is -0.385 e. The summed E-state index contributed by atoms with van der Waals surface area (Å²) in [5.74, 6) is -1.87. The van der Waals surface area contributed by atoms with Gasteiger partial charge in [-0.1, -0.05) is 18.2 Å². The fourth-order valence-corrected chi connectivity index (χ4v) is 2.79. The fraction of sp³-hybridized carbons (Fsp3) is 0.190. The van der Waals surface area contributed by atoms with Crippen LogP contribution >= 0.6 is 0 Å². The summed E-state index contributed by atoms with van der Waals surface area (Å²) in [4.78, 5) is 25.3. The number of aliphatic hydroxyl groups is 1. The first-order valence-corrected chi connectivity index (χ1v) is 9.29. The van der Waals surface area contributed by atoms with Crippen LogP contribution in [0.15, 0.2) is 59.4 Å². The third-order valence-electron chi connectivity index (χ3n) is 4.48. The molecule has 0 radical (unpaired) electrons. The van der Waals surface area contributed by atoms with Gasteiger partial charge in [-0.2, -0.15) is 23.0 Å². The highest BCUT2D eigenvalue weighted by atomic mass is 19.4. The van der Waals surface area contributed by atoms with Crippen LogP contribution in [0.25, 0.3) is 16.9 Å². The molecule has 0 saturated carbocycles. The second-order valence-corrected chi connectivity index (χ2v) is 6.83. The van der Waals surface area contributed by atoms with Gasteiger partial charge in [0.25, 0.3) is 17.9 Å². The second-order valence-electron chi connectivity index (χ2n) is 6.83. The Morgan fingerprint density at radius 3 is 2.33 bits per heavy atom. The van der Waals surface area contributed by atoms with Gasteiger partial charge in [-0.05, 0) is 36.4 Å². The number of hydrogen-bond donors (Lipinski definition) is 2. The Morgan fingerprint density at radius 1 is 1.09 bits per heavy atom. The number of aliphatic hydroxyl groups excluding tert-OH is 1. The molecule has 12 heteroatoms. The standard InChI is InChI=1S/C21H15F6N3O3/c22-13-2-1-3-14(8-13)30-20(33)15(19(32)28-10-17(31)18(23)24)9-16(29-30)11-4-6-12(7-5-11)21(25,26)27/h1-9,17-18,31H,10H2,(H,28,32)/t17-/m0/s1. The Morgan fingerprint density at radius 2 is 1.76 bits per heavy atom. The van der Waals surface area contributed by atoms with Gasteiger partial charge in [0.2, 0.25) is 0 Å². The molecule has 174 valence electrons. The number of amides is 1. The van der Waals surface area contributed by atoms with E-state index in [0.29, 0.717) is 4.68 Å². The number of alkyl halides is 5. The Balaban J connectivity index is 2.10. The van der Waals surface area contributed by atoms with Crippen molar-refractivity contribution in [2.75, 3.05) is 6.54 Å². The number of carbonyl (C=O) groups is 1. The molecule has 3 aromatic rings. The number of nitrogens with zero attached hydrogens (tertiary/aromatic N) is 2. The van der Waals surface area contributed by atoms with Crippen LogP contribution in [0, 0.1) is 5.82 Å². The summed E-state index contributed by atoms with van der Waals surface area (Å²) >= 11 is 0. The van der Waals surface area contributed by atoms with Crippen LogP contribution < -0.4 is 10.9 Å². The van der Waals surface area contributed by atoms with Gasteiger partial charge in [-0.25, -0.2) is 13.2 Å². The number of halogens is 6. The first-order valence-electron chi connectivity index (χ1n) is 9.29. The summed E-state index contributed by atoms with van der Waals surface area (Å²) in [6.07, 6.45) is -9.92. The Bertz CT molecular complexity index is 1210. The van der Waals surface area contributed by atoms with Crippen molar-refractivity contribution in [3.8, 4) is 16.9 Å². The Labute approximate surface area is 182 Å². The molecule has 2 aromatic carbocycles. The molecule has 0 saturated heterocycles. The predicted molar refractivity (Wildman–Crippen MR) is 105 cm³/mol. The molecule has 0 aliphatic rings. The molecule has 0 fully saturated rings. The lowest BCUT2D eigenvalue weighted by molar-refractivity contribution is -0.137. The monoisotopic (exact) mass is 471 g/mol. The first-order chi connectivity index (χ1) is 15.5. The quantitative estimate of drug-likeness (QED) is 0.540. The van der Waals surface area contributed by atoms with E-state index in [1.807, 2.05) is 5.32 Å². The van der Waals surface area contributed by atoms with E-state index < -0.39 is 53.7 Å². The highest BCUT2D eigenvalue weighted by molar-refractivity contribution is 5.94. The minimum absolute atomic E-state index is 0.0876. The van der Waals surface area contributed by atoms with Gasteiger partial charge in [0, 0.05) is 12.1 Å². The van der Waals surface area contributed by atoms with Crippen LogP contribution in [0.4, 0.5) is 26.3 Å². The van der Waals surface area contributed by atoms with Gasteiger partial charge in [0.15, 0.2) is 0 Å². The maximum absolute atomic E-state index is 13.7. The number of benzene rings is 2. The van der Waals surface area contributed by atoms with Gasteiger partial charge < -0.3 is 10.4 Å². The van der Waals surface area contributed by atoms with Gasteiger partial charge in [0.1, 0.15) is 17.5 Å². The molecular formula is C21H15F6N3O3. The van der Waals surface area contributed by atoms with Gasteiger partial charge in [-0.3, -0.25) is 9.59 Å². The van der Waals surface area contributed by atoms with Crippen LogP contribution in [0.2, 0.25) is 0 Å². The Hall–Kier alpha value is -3.67. The van der Waals surface area contributed by atoms with E-state index in [9.17, 15) is 41.0 Å². The van der Waals surface area contributed by atoms with E-state index in [2.05, 4.69) is 5.10 Å². The highest BCUT2D eigenvalue weighted by Gasteiger charge is 2.30. The topological polar surface area (TPSA) is 84.2 Å². The van der Waals surface area contributed by atoms with E-state index in [0.717, 1.165) is 42.5 Å². The second kappa shape index (κ2) is 9.45. The van der Waals surface area contributed by atoms with Crippen molar-refractivity contribution in [3.05, 3.63) is 81.9 Å². The molecule has 1 atom stereocenters. The maximum atomic E-state index is 13.7. The zero-order valence-electron chi connectivity index (χ0n) is 16.5. The average molecular weight is 471 g/mol. The summed E-state index contributed by atoms with van der Waals surface area (Å²) in [7, 11) is 0. The minimum atomic E-state index is -4.59. The first kappa shape index (κ1) is 24.0. The number of hydrogen-bond acceptors (Lipinski definition) is 4. The predicted octanol–water partition coefficient (Wildman–Crippen LogP) is 3.41. The molecule has 0 unspecified atom stereocenters.